The molecule has 1 N–H and O–H groups in total. The van der Waals surface area contributed by atoms with Gasteiger partial charge in [0.25, 0.3) is 5.91 Å². The number of nitrogens with one attached hydrogen (secondary N) is 1. The molecule has 0 radical (unpaired) electrons. The highest BCUT2D eigenvalue weighted by Crippen LogP contribution is 2.29. The van der Waals surface area contributed by atoms with Gasteiger partial charge in [-0.25, -0.2) is 0 Å². The molecular formula is C12H12F3NO. The predicted molar refractivity (Wildman–Crippen MR) is 56.5 cm³/mol. The van der Waals surface area contributed by atoms with Crippen molar-refractivity contribution in [3.8, 4) is 0 Å². The topological polar surface area (TPSA) is 29.1 Å². The zero-order valence-electron chi connectivity index (χ0n) is 9.05. The number of rotatable bonds is 2. The van der Waals surface area contributed by atoms with E-state index in [1.807, 2.05) is 0 Å². The van der Waals surface area contributed by atoms with Gasteiger partial charge in [0.1, 0.15) is 0 Å². The van der Waals surface area contributed by atoms with Crippen LogP contribution in [0.1, 0.15) is 35.2 Å². The molecule has 0 spiro atoms. The number of halogens is 3. The fourth-order valence-electron chi connectivity index (χ4n) is 1.63. The SMILES string of the molecule is O=C(NC1CCC1)c1ccc(C(F)(F)F)cc1. The molecule has 0 aromatic heterocycles. The van der Waals surface area contributed by atoms with Gasteiger partial charge in [0, 0.05) is 11.6 Å². The fourth-order valence-corrected chi connectivity index (χ4v) is 1.63. The zero-order valence-corrected chi connectivity index (χ0v) is 9.05. The maximum atomic E-state index is 12.3. The van der Waals surface area contributed by atoms with Gasteiger partial charge in [-0.2, -0.15) is 13.2 Å². The normalized spacial score (nSPS) is 16.4. The summed E-state index contributed by atoms with van der Waals surface area (Å²) in [6.45, 7) is 0. The lowest BCUT2D eigenvalue weighted by molar-refractivity contribution is -0.137. The minimum absolute atomic E-state index is 0.185. The zero-order chi connectivity index (χ0) is 12.5. The summed E-state index contributed by atoms with van der Waals surface area (Å²) in [4.78, 5) is 11.6. The van der Waals surface area contributed by atoms with Crippen molar-refractivity contribution < 1.29 is 18.0 Å². The molecule has 0 aliphatic heterocycles. The van der Waals surface area contributed by atoms with E-state index in [2.05, 4.69) is 5.32 Å². The molecule has 0 unspecified atom stereocenters. The highest BCUT2D eigenvalue weighted by atomic mass is 19.4. The van der Waals surface area contributed by atoms with Crippen LogP contribution in [0.25, 0.3) is 0 Å². The van der Waals surface area contributed by atoms with Gasteiger partial charge < -0.3 is 5.32 Å². The van der Waals surface area contributed by atoms with E-state index in [4.69, 9.17) is 0 Å². The van der Waals surface area contributed by atoms with Gasteiger partial charge >= 0.3 is 6.18 Å². The molecule has 5 heteroatoms. The quantitative estimate of drug-likeness (QED) is 0.850. The molecule has 17 heavy (non-hydrogen) atoms. The van der Waals surface area contributed by atoms with Crippen LogP contribution in [0.15, 0.2) is 24.3 Å². The lowest BCUT2D eigenvalue weighted by Gasteiger charge is -2.26. The van der Waals surface area contributed by atoms with Crippen LogP contribution < -0.4 is 5.32 Å². The van der Waals surface area contributed by atoms with E-state index in [-0.39, 0.29) is 17.5 Å². The summed E-state index contributed by atoms with van der Waals surface area (Å²) in [5.74, 6) is -0.302. The second-order valence-corrected chi connectivity index (χ2v) is 4.18. The van der Waals surface area contributed by atoms with Crippen molar-refractivity contribution in [2.75, 3.05) is 0 Å². The second-order valence-electron chi connectivity index (χ2n) is 4.18. The molecule has 1 aliphatic rings. The summed E-state index contributed by atoms with van der Waals surface area (Å²) < 4.78 is 36.9. The minimum Gasteiger partial charge on any atom is -0.349 e. The molecule has 1 amide bonds. The Labute approximate surface area is 96.8 Å². The summed E-state index contributed by atoms with van der Waals surface area (Å²) in [6, 6.07) is 4.45. The summed E-state index contributed by atoms with van der Waals surface area (Å²) in [6.07, 6.45) is -1.36. The van der Waals surface area contributed by atoms with Crippen molar-refractivity contribution in [2.24, 2.45) is 0 Å². The van der Waals surface area contributed by atoms with E-state index < -0.39 is 11.7 Å². The molecule has 0 bridgehead atoms. The number of carbonyl (C=O) groups excluding carboxylic acids is 1. The van der Waals surface area contributed by atoms with Gasteiger partial charge in [-0.1, -0.05) is 0 Å². The first-order valence-corrected chi connectivity index (χ1v) is 5.45. The second kappa shape index (κ2) is 4.39. The number of alkyl halides is 3. The number of hydrogen-bond donors (Lipinski definition) is 1. The molecule has 0 heterocycles. The van der Waals surface area contributed by atoms with Crippen LogP contribution in [0.4, 0.5) is 13.2 Å². The van der Waals surface area contributed by atoms with Crippen molar-refractivity contribution in [2.45, 2.75) is 31.5 Å². The van der Waals surface area contributed by atoms with E-state index in [1.54, 1.807) is 0 Å². The third-order valence-electron chi connectivity index (χ3n) is 2.91. The van der Waals surface area contributed by atoms with Crippen molar-refractivity contribution >= 4 is 5.91 Å². The summed E-state index contributed by atoms with van der Waals surface area (Å²) in [7, 11) is 0. The maximum absolute atomic E-state index is 12.3. The molecule has 1 aliphatic carbocycles. The third-order valence-corrected chi connectivity index (χ3v) is 2.91. The summed E-state index contributed by atoms with van der Waals surface area (Å²) >= 11 is 0. The van der Waals surface area contributed by atoms with Gasteiger partial charge in [0.15, 0.2) is 0 Å². The first-order valence-electron chi connectivity index (χ1n) is 5.45. The van der Waals surface area contributed by atoms with Crippen LogP contribution in [0, 0.1) is 0 Å². The van der Waals surface area contributed by atoms with Crippen LogP contribution in [-0.2, 0) is 6.18 Å². The lowest BCUT2D eigenvalue weighted by atomic mass is 9.93. The van der Waals surface area contributed by atoms with Crippen LogP contribution in [0.2, 0.25) is 0 Å². The molecule has 1 saturated carbocycles. The highest BCUT2D eigenvalue weighted by Gasteiger charge is 2.30. The lowest BCUT2D eigenvalue weighted by Crippen LogP contribution is -2.39. The molecule has 2 nitrogen and oxygen atoms in total. The van der Waals surface area contributed by atoms with E-state index in [1.165, 1.54) is 12.1 Å². The molecule has 0 atom stereocenters. The van der Waals surface area contributed by atoms with E-state index in [0.717, 1.165) is 31.4 Å². The third kappa shape index (κ3) is 2.78. The number of hydrogen-bond acceptors (Lipinski definition) is 1. The first kappa shape index (κ1) is 12.0. The number of benzene rings is 1. The Bertz CT molecular complexity index is 407. The first-order chi connectivity index (χ1) is 7.97. The standard InChI is InChI=1S/C12H12F3NO/c13-12(14,15)9-6-4-8(5-7-9)11(17)16-10-2-1-3-10/h4-7,10H,1-3H2,(H,16,17). The van der Waals surface area contributed by atoms with Crippen LogP contribution in [0.3, 0.4) is 0 Å². The monoisotopic (exact) mass is 243 g/mol. The average Bonchev–Trinajstić information content (AvgIpc) is 2.22. The Morgan fingerprint density at radius 1 is 1.18 bits per heavy atom. The van der Waals surface area contributed by atoms with Gasteiger partial charge in [0.2, 0.25) is 0 Å². The number of carbonyl (C=O) groups is 1. The largest absolute Gasteiger partial charge is 0.416 e. The van der Waals surface area contributed by atoms with Crippen molar-refractivity contribution in [3.63, 3.8) is 0 Å². The molecule has 2 rings (SSSR count). The van der Waals surface area contributed by atoms with E-state index in [0.29, 0.717) is 0 Å². The fraction of sp³-hybridized carbons (Fsp3) is 0.417. The molecule has 1 aromatic rings. The van der Waals surface area contributed by atoms with Crippen LogP contribution >= 0.6 is 0 Å². The molecule has 0 saturated heterocycles. The minimum atomic E-state index is -4.36. The van der Waals surface area contributed by atoms with Gasteiger partial charge in [-0.3, -0.25) is 4.79 Å². The molecule has 1 aromatic carbocycles. The molecule has 1 fully saturated rings. The van der Waals surface area contributed by atoms with Crippen LogP contribution in [-0.4, -0.2) is 11.9 Å². The Morgan fingerprint density at radius 3 is 2.18 bits per heavy atom. The summed E-state index contributed by atoms with van der Waals surface area (Å²) in [5, 5.41) is 2.77. The highest BCUT2D eigenvalue weighted by molar-refractivity contribution is 5.94. The predicted octanol–water partition coefficient (Wildman–Crippen LogP) is 2.99. The number of amides is 1. The van der Waals surface area contributed by atoms with E-state index in [9.17, 15) is 18.0 Å². The molecular weight excluding hydrogens is 231 g/mol. The Morgan fingerprint density at radius 2 is 1.76 bits per heavy atom. The van der Waals surface area contributed by atoms with Crippen LogP contribution in [0.5, 0.6) is 0 Å². The Hall–Kier alpha value is -1.52. The van der Waals surface area contributed by atoms with Crippen molar-refractivity contribution in [1.29, 1.82) is 0 Å². The summed E-state index contributed by atoms with van der Waals surface area (Å²) in [5.41, 5.74) is -0.470. The molecule has 92 valence electrons. The maximum Gasteiger partial charge on any atom is 0.416 e. The Kier molecular flexibility index (Phi) is 3.09. The van der Waals surface area contributed by atoms with Crippen molar-refractivity contribution in [3.05, 3.63) is 35.4 Å². The van der Waals surface area contributed by atoms with Gasteiger partial charge in [-0.05, 0) is 43.5 Å². The van der Waals surface area contributed by atoms with E-state index >= 15 is 0 Å². The van der Waals surface area contributed by atoms with Gasteiger partial charge in [0.05, 0.1) is 5.56 Å². The van der Waals surface area contributed by atoms with Crippen molar-refractivity contribution in [1.82, 2.24) is 5.32 Å². The smallest absolute Gasteiger partial charge is 0.349 e. The average molecular weight is 243 g/mol. The van der Waals surface area contributed by atoms with Gasteiger partial charge in [-0.15, -0.1) is 0 Å². The Balaban J connectivity index is 2.04.